The molecule has 0 aliphatic heterocycles. The largest absolute Gasteiger partial charge is 0.327 e. The molecule has 0 spiro atoms. The van der Waals surface area contributed by atoms with E-state index in [0.29, 0.717) is 0 Å². The Kier molecular flexibility index (Phi) is 4.78. The van der Waals surface area contributed by atoms with E-state index < -0.39 is 17.5 Å². The summed E-state index contributed by atoms with van der Waals surface area (Å²) < 4.78 is 26.8. The summed E-state index contributed by atoms with van der Waals surface area (Å²) in [6, 6.07) is 5.13. The van der Waals surface area contributed by atoms with E-state index in [2.05, 4.69) is 0 Å². The van der Waals surface area contributed by atoms with Crippen LogP contribution < -0.4 is 0 Å². The smallest absolute Gasteiger partial charge is 0.228 e. The first-order chi connectivity index (χ1) is 8.47. The maximum Gasteiger partial charge on any atom is 0.228 e. The summed E-state index contributed by atoms with van der Waals surface area (Å²) in [6.07, 6.45) is -0.377. The molecule has 0 atom stereocenters. The molecule has 0 radical (unpaired) electrons. The maximum atomic E-state index is 13.4. The van der Waals surface area contributed by atoms with Gasteiger partial charge in [0.05, 0.1) is 12.5 Å². The molecule has 0 saturated carbocycles. The minimum absolute atomic E-state index is 0.0907. The zero-order valence-electron chi connectivity index (χ0n) is 10.3. The molecule has 1 aromatic rings. The summed E-state index contributed by atoms with van der Waals surface area (Å²) in [6.45, 7) is 3.40. The van der Waals surface area contributed by atoms with Crippen LogP contribution in [0.25, 0.3) is 0 Å². The Morgan fingerprint density at radius 2 is 1.94 bits per heavy atom. The van der Waals surface area contributed by atoms with E-state index in [1.54, 1.807) is 13.8 Å². The minimum Gasteiger partial charge on any atom is -0.327 e. The van der Waals surface area contributed by atoms with Crippen LogP contribution in [0.15, 0.2) is 18.2 Å². The first-order valence-electron chi connectivity index (χ1n) is 5.56. The Balaban J connectivity index is 2.90. The first kappa shape index (κ1) is 14.1. The topological polar surface area (TPSA) is 44.1 Å². The van der Waals surface area contributed by atoms with Crippen molar-refractivity contribution >= 4 is 5.91 Å². The van der Waals surface area contributed by atoms with Crippen LogP contribution in [0.3, 0.4) is 0 Å². The summed E-state index contributed by atoms with van der Waals surface area (Å²) in [5.41, 5.74) is -0.258. The SMILES string of the molecule is CC(C)N(CC#N)C(=O)Cc1c(F)cccc1F. The van der Waals surface area contributed by atoms with Crippen LogP contribution in [0.4, 0.5) is 8.78 Å². The number of benzene rings is 1. The summed E-state index contributed by atoms with van der Waals surface area (Å²) in [4.78, 5) is 13.2. The standard InChI is InChI=1S/C13H14F2N2O/c1-9(2)17(7-6-16)13(18)8-10-11(14)4-3-5-12(10)15/h3-5,9H,7-8H2,1-2H3. The molecule has 0 heterocycles. The number of nitriles is 1. The Hall–Kier alpha value is -1.96. The number of amides is 1. The Morgan fingerprint density at radius 3 is 2.39 bits per heavy atom. The van der Waals surface area contributed by atoms with Crippen molar-refractivity contribution in [2.75, 3.05) is 6.54 Å². The van der Waals surface area contributed by atoms with Gasteiger partial charge in [0.15, 0.2) is 0 Å². The number of carbonyl (C=O) groups is 1. The van der Waals surface area contributed by atoms with Crippen molar-refractivity contribution in [2.24, 2.45) is 0 Å². The molecular weight excluding hydrogens is 238 g/mol. The molecule has 0 fully saturated rings. The number of halogens is 2. The van der Waals surface area contributed by atoms with Crippen LogP contribution in [-0.4, -0.2) is 23.4 Å². The van der Waals surface area contributed by atoms with E-state index in [9.17, 15) is 13.6 Å². The van der Waals surface area contributed by atoms with Gasteiger partial charge in [-0.1, -0.05) is 6.07 Å². The van der Waals surface area contributed by atoms with Gasteiger partial charge in [0.1, 0.15) is 18.2 Å². The zero-order chi connectivity index (χ0) is 13.7. The van der Waals surface area contributed by atoms with Crippen molar-refractivity contribution in [2.45, 2.75) is 26.3 Å². The van der Waals surface area contributed by atoms with Crippen LogP contribution in [0.5, 0.6) is 0 Å². The average molecular weight is 252 g/mol. The van der Waals surface area contributed by atoms with Crippen molar-refractivity contribution in [1.82, 2.24) is 4.90 Å². The first-order valence-corrected chi connectivity index (χ1v) is 5.56. The molecule has 5 heteroatoms. The Morgan fingerprint density at radius 1 is 1.39 bits per heavy atom. The average Bonchev–Trinajstić information content (AvgIpc) is 2.30. The van der Waals surface area contributed by atoms with E-state index in [0.717, 1.165) is 12.1 Å². The Labute approximate surface area is 105 Å². The third-order valence-electron chi connectivity index (χ3n) is 2.57. The molecule has 0 unspecified atom stereocenters. The molecule has 0 aromatic heterocycles. The van der Waals surface area contributed by atoms with Gasteiger partial charge in [-0.05, 0) is 26.0 Å². The predicted octanol–water partition coefficient (Wildman–Crippen LogP) is 2.27. The van der Waals surface area contributed by atoms with Gasteiger partial charge in [-0.15, -0.1) is 0 Å². The predicted molar refractivity (Wildman–Crippen MR) is 62.5 cm³/mol. The van der Waals surface area contributed by atoms with Crippen molar-refractivity contribution in [3.63, 3.8) is 0 Å². The molecule has 0 aliphatic rings. The van der Waals surface area contributed by atoms with Gasteiger partial charge < -0.3 is 4.90 Å². The third-order valence-corrected chi connectivity index (χ3v) is 2.57. The summed E-state index contributed by atoms with van der Waals surface area (Å²) in [5.74, 6) is -1.96. The second kappa shape index (κ2) is 6.10. The molecule has 1 aromatic carbocycles. The van der Waals surface area contributed by atoms with Crippen molar-refractivity contribution in [1.29, 1.82) is 5.26 Å². The highest BCUT2D eigenvalue weighted by Gasteiger charge is 2.20. The lowest BCUT2D eigenvalue weighted by Crippen LogP contribution is -2.38. The highest BCUT2D eigenvalue weighted by Crippen LogP contribution is 2.14. The van der Waals surface area contributed by atoms with Gasteiger partial charge in [0.2, 0.25) is 5.91 Å². The van der Waals surface area contributed by atoms with Crippen LogP contribution in [0, 0.1) is 23.0 Å². The number of hydrogen-bond donors (Lipinski definition) is 0. The van der Waals surface area contributed by atoms with E-state index >= 15 is 0 Å². The highest BCUT2D eigenvalue weighted by molar-refractivity contribution is 5.79. The molecule has 3 nitrogen and oxygen atoms in total. The maximum absolute atomic E-state index is 13.4. The van der Waals surface area contributed by atoms with Crippen LogP contribution in [-0.2, 0) is 11.2 Å². The van der Waals surface area contributed by atoms with Crippen molar-refractivity contribution in [3.05, 3.63) is 35.4 Å². The van der Waals surface area contributed by atoms with Gasteiger partial charge in [-0.2, -0.15) is 5.26 Å². The summed E-state index contributed by atoms with van der Waals surface area (Å²) >= 11 is 0. The molecular formula is C13H14F2N2O. The van der Waals surface area contributed by atoms with Crippen LogP contribution >= 0.6 is 0 Å². The fourth-order valence-corrected chi connectivity index (χ4v) is 1.59. The molecule has 0 saturated heterocycles. The lowest BCUT2D eigenvalue weighted by molar-refractivity contribution is -0.131. The van der Waals surface area contributed by atoms with Gasteiger partial charge in [-0.25, -0.2) is 8.78 Å². The number of nitrogens with zero attached hydrogens (tertiary/aromatic N) is 2. The molecule has 1 amide bonds. The molecule has 0 N–H and O–H groups in total. The second-order valence-electron chi connectivity index (χ2n) is 4.15. The normalized spacial score (nSPS) is 10.2. The lowest BCUT2D eigenvalue weighted by atomic mass is 10.1. The molecule has 96 valence electrons. The van der Waals surface area contributed by atoms with Crippen molar-refractivity contribution < 1.29 is 13.6 Å². The number of carbonyl (C=O) groups excluding carboxylic acids is 1. The fraction of sp³-hybridized carbons (Fsp3) is 0.385. The molecule has 18 heavy (non-hydrogen) atoms. The molecule has 0 bridgehead atoms. The summed E-state index contributed by atoms with van der Waals surface area (Å²) in [7, 11) is 0. The molecule has 1 rings (SSSR count). The Bertz CT molecular complexity index is 460. The third kappa shape index (κ3) is 3.27. The quantitative estimate of drug-likeness (QED) is 0.771. The van der Waals surface area contributed by atoms with Gasteiger partial charge >= 0.3 is 0 Å². The van der Waals surface area contributed by atoms with Crippen molar-refractivity contribution in [3.8, 4) is 6.07 Å². The zero-order valence-corrected chi connectivity index (χ0v) is 10.3. The van der Waals surface area contributed by atoms with Crippen LogP contribution in [0.2, 0.25) is 0 Å². The van der Waals surface area contributed by atoms with Gasteiger partial charge in [0, 0.05) is 11.6 Å². The minimum atomic E-state index is -0.746. The highest BCUT2D eigenvalue weighted by atomic mass is 19.1. The molecule has 0 aliphatic carbocycles. The summed E-state index contributed by atoms with van der Waals surface area (Å²) in [5, 5.41) is 8.62. The number of hydrogen-bond acceptors (Lipinski definition) is 2. The monoisotopic (exact) mass is 252 g/mol. The van der Waals surface area contributed by atoms with E-state index in [4.69, 9.17) is 5.26 Å². The fourth-order valence-electron chi connectivity index (χ4n) is 1.59. The van der Waals surface area contributed by atoms with E-state index in [-0.39, 0.29) is 24.6 Å². The van der Waals surface area contributed by atoms with E-state index in [1.807, 2.05) is 6.07 Å². The van der Waals surface area contributed by atoms with Gasteiger partial charge in [-0.3, -0.25) is 4.79 Å². The van der Waals surface area contributed by atoms with Gasteiger partial charge in [0.25, 0.3) is 0 Å². The second-order valence-corrected chi connectivity index (χ2v) is 4.15. The van der Waals surface area contributed by atoms with E-state index in [1.165, 1.54) is 11.0 Å². The van der Waals surface area contributed by atoms with Crippen LogP contribution in [0.1, 0.15) is 19.4 Å². The number of rotatable bonds is 4. The lowest BCUT2D eigenvalue weighted by Gasteiger charge is -2.24.